The van der Waals surface area contributed by atoms with Crippen molar-refractivity contribution in [1.82, 2.24) is 25.0 Å². The Morgan fingerprint density at radius 3 is 2.47 bits per heavy atom. The summed E-state index contributed by atoms with van der Waals surface area (Å²) < 4.78 is 15.4. The van der Waals surface area contributed by atoms with Crippen molar-refractivity contribution in [3.05, 3.63) is 83.9 Å². The van der Waals surface area contributed by atoms with Crippen LogP contribution >= 0.6 is 11.8 Å². The maximum absolute atomic E-state index is 13.5. The third kappa shape index (κ3) is 5.13. The zero-order chi connectivity index (χ0) is 24.2. The Bertz CT molecular complexity index is 1280. The number of hydrogen-bond acceptors (Lipinski definition) is 5. The van der Waals surface area contributed by atoms with Gasteiger partial charge in [0.15, 0.2) is 11.0 Å². The number of carbonyl (C=O) groups is 1. The second-order valence-corrected chi connectivity index (χ2v) is 9.38. The molecule has 3 aromatic carbocycles. The lowest BCUT2D eigenvalue weighted by Gasteiger charge is -2.20. The van der Waals surface area contributed by atoms with E-state index >= 15 is 0 Å². The molecule has 0 saturated carbocycles. The summed E-state index contributed by atoms with van der Waals surface area (Å²) in [4.78, 5) is 14.9. The van der Waals surface area contributed by atoms with Gasteiger partial charge in [-0.25, -0.2) is 4.39 Å². The van der Waals surface area contributed by atoms with Crippen LogP contribution in [0.1, 0.15) is 37.3 Å². The molecule has 2 atom stereocenters. The summed E-state index contributed by atoms with van der Waals surface area (Å²) in [5.41, 5.74) is 1.83. The Hall–Kier alpha value is -3.23. The first-order chi connectivity index (χ1) is 16.3. The molecular weight excluding hydrogens is 449 g/mol. The van der Waals surface area contributed by atoms with Gasteiger partial charge in [0.1, 0.15) is 5.82 Å². The smallest absolute Gasteiger partial charge is 0.230 e. The average Bonchev–Trinajstić information content (AvgIpc) is 3.26. The Morgan fingerprint density at radius 1 is 1.03 bits per heavy atom. The molecule has 176 valence electrons. The molecule has 0 fully saturated rings. The van der Waals surface area contributed by atoms with Gasteiger partial charge in [0.25, 0.3) is 0 Å². The van der Waals surface area contributed by atoms with Crippen molar-refractivity contribution in [2.45, 2.75) is 31.1 Å². The van der Waals surface area contributed by atoms with Gasteiger partial charge in [-0.15, -0.1) is 10.2 Å². The summed E-state index contributed by atoms with van der Waals surface area (Å²) in [6.45, 7) is 4.01. The fraction of sp³-hybridized carbons (Fsp3) is 0.269. The summed E-state index contributed by atoms with van der Waals surface area (Å²) in [5, 5.41) is 14.7. The summed E-state index contributed by atoms with van der Waals surface area (Å²) in [5.74, 6) is 0.505. The van der Waals surface area contributed by atoms with Crippen LogP contribution in [0.5, 0.6) is 0 Å². The van der Waals surface area contributed by atoms with E-state index < -0.39 is 0 Å². The van der Waals surface area contributed by atoms with Crippen LogP contribution < -0.4 is 5.32 Å². The SMILES string of the molecule is C[C@H](NC(=O)CSc1nnc([C@@H](C)N(C)C)n1-c1ccc(F)cc1)c1cccc2ccccc12. The number of benzene rings is 3. The van der Waals surface area contributed by atoms with Crippen LogP contribution in [0.25, 0.3) is 16.5 Å². The highest BCUT2D eigenvalue weighted by atomic mass is 32.2. The van der Waals surface area contributed by atoms with Crippen LogP contribution in [0.2, 0.25) is 0 Å². The fourth-order valence-electron chi connectivity index (χ4n) is 3.83. The zero-order valence-electron chi connectivity index (χ0n) is 19.7. The van der Waals surface area contributed by atoms with Crippen LogP contribution in [-0.2, 0) is 4.79 Å². The van der Waals surface area contributed by atoms with Crippen molar-refractivity contribution in [3.8, 4) is 5.69 Å². The van der Waals surface area contributed by atoms with Gasteiger partial charge < -0.3 is 5.32 Å². The molecule has 1 heterocycles. The second kappa shape index (κ2) is 10.4. The van der Waals surface area contributed by atoms with Crippen LogP contribution in [0, 0.1) is 5.82 Å². The van der Waals surface area contributed by atoms with E-state index in [0.29, 0.717) is 5.16 Å². The number of halogens is 1. The molecule has 6 nitrogen and oxygen atoms in total. The Balaban J connectivity index is 1.51. The van der Waals surface area contributed by atoms with Crippen molar-refractivity contribution in [1.29, 1.82) is 0 Å². The Kier molecular flexibility index (Phi) is 7.29. The number of hydrogen-bond donors (Lipinski definition) is 1. The normalized spacial score (nSPS) is 13.2. The molecule has 1 amide bonds. The van der Waals surface area contributed by atoms with Gasteiger partial charge in [0, 0.05) is 5.69 Å². The van der Waals surface area contributed by atoms with E-state index in [4.69, 9.17) is 0 Å². The summed E-state index contributed by atoms with van der Waals surface area (Å²) >= 11 is 1.31. The number of fused-ring (bicyclic) bond motifs is 1. The fourth-order valence-corrected chi connectivity index (χ4v) is 4.60. The number of nitrogens with one attached hydrogen (secondary N) is 1. The third-order valence-corrected chi connectivity index (χ3v) is 6.82. The molecule has 0 aliphatic heterocycles. The number of rotatable bonds is 8. The molecule has 1 N–H and O–H groups in total. The average molecular weight is 478 g/mol. The minimum atomic E-state index is -0.310. The minimum absolute atomic E-state index is 0.0212. The zero-order valence-corrected chi connectivity index (χ0v) is 20.5. The van der Waals surface area contributed by atoms with Crippen molar-refractivity contribution in [2.75, 3.05) is 19.8 Å². The largest absolute Gasteiger partial charge is 0.349 e. The lowest BCUT2D eigenvalue weighted by atomic mass is 10.00. The molecule has 0 bridgehead atoms. The Labute approximate surface area is 203 Å². The Morgan fingerprint density at radius 2 is 1.74 bits per heavy atom. The molecule has 0 radical (unpaired) electrons. The summed E-state index contributed by atoms with van der Waals surface area (Å²) in [7, 11) is 3.92. The van der Waals surface area contributed by atoms with Gasteiger partial charge in [0.05, 0.1) is 17.8 Å². The highest BCUT2D eigenvalue weighted by molar-refractivity contribution is 7.99. The van der Waals surface area contributed by atoms with E-state index in [1.807, 2.05) is 61.7 Å². The first-order valence-corrected chi connectivity index (χ1v) is 12.1. The molecule has 0 aliphatic carbocycles. The molecular formula is C26H28FN5OS. The monoisotopic (exact) mass is 477 g/mol. The van der Waals surface area contributed by atoms with Crippen molar-refractivity contribution >= 4 is 28.4 Å². The first kappa shape index (κ1) is 23.9. The number of thioether (sulfide) groups is 1. The molecule has 34 heavy (non-hydrogen) atoms. The van der Waals surface area contributed by atoms with Crippen LogP contribution in [0.15, 0.2) is 71.9 Å². The highest BCUT2D eigenvalue weighted by Crippen LogP contribution is 2.28. The van der Waals surface area contributed by atoms with Crippen molar-refractivity contribution < 1.29 is 9.18 Å². The van der Waals surface area contributed by atoms with Crippen LogP contribution in [0.4, 0.5) is 4.39 Å². The van der Waals surface area contributed by atoms with Crippen molar-refractivity contribution in [3.63, 3.8) is 0 Å². The molecule has 0 aliphatic rings. The third-order valence-electron chi connectivity index (χ3n) is 5.89. The van der Waals surface area contributed by atoms with E-state index in [2.05, 4.69) is 33.7 Å². The lowest BCUT2D eigenvalue weighted by Crippen LogP contribution is -2.28. The van der Waals surface area contributed by atoms with Gasteiger partial charge in [-0.1, -0.05) is 54.2 Å². The van der Waals surface area contributed by atoms with Crippen LogP contribution in [0.3, 0.4) is 0 Å². The first-order valence-electron chi connectivity index (χ1n) is 11.1. The molecule has 8 heteroatoms. The molecule has 0 unspecified atom stereocenters. The van der Waals surface area contributed by atoms with E-state index in [1.54, 1.807) is 12.1 Å². The second-order valence-electron chi connectivity index (χ2n) is 8.44. The predicted octanol–water partition coefficient (Wildman–Crippen LogP) is 5.15. The minimum Gasteiger partial charge on any atom is -0.349 e. The predicted molar refractivity (Wildman–Crippen MR) is 135 cm³/mol. The molecule has 4 aromatic rings. The number of nitrogens with zero attached hydrogens (tertiary/aromatic N) is 4. The van der Waals surface area contributed by atoms with Gasteiger partial charge in [-0.2, -0.15) is 0 Å². The van der Waals surface area contributed by atoms with E-state index in [9.17, 15) is 9.18 Å². The topological polar surface area (TPSA) is 63.1 Å². The summed E-state index contributed by atoms with van der Waals surface area (Å²) in [6.07, 6.45) is 0. The highest BCUT2D eigenvalue weighted by Gasteiger charge is 2.22. The molecule has 1 aromatic heterocycles. The van der Waals surface area contributed by atoms with Gasteiger partial charge >= 0.3 is 0 Å². The summed E-state index contributed by atoms with van der Waals surface area (Å²) in [6, 6.07) is 20.3. The van der Waals surface area contributed by atoms with Crippen molar-refractivity contribution in [2.24, 2.45) is 0 Å². The standard InChI is InChI=1S/C26H28FN5OS/c1-17(22-11-7-9-19-8-5-6-10-23(19)22)28-24(33)16-34-26-30-29-25(18(2)31(3)4)32(26)21-14-12-20(27)13-15-21/h5-15,17-18H,16H2,1-4H3,(H,28,33)/t17-,18+/m0/s1. The maximum atomic E-state index is 13.5. The van der Waals surface area contributed by atoms with Gasteiger partial charge in [-0.3, -0.25) is 14.3 Å². The van der Waals surface area contributed by atoms with E-state index in [0.717, 1.165) is 27.8 Å². The maximum Gasteiger partial charge on any atom is 0.230 e. The van der Waals surface area contributed by atoms with Crippen LogP contribution in [-0.4, -0.2) is 45.4 Å². The van der Waals surface area contributed by atoms with E-state index in [-0.39, 0.29) is 29.6 Å². The van der Waals surface area contributed by atoms with Gasteiger partial charge in [-0.05, 0) is 68.5 Å². The molecule has 4 rings (SSSR count). The number of amides is 1. The quantitative estimate of drug-likeness (QED) is 0.356. The van der Waals surface area contributed by atoms with Gasteiger partial charge in [0.2, 0.25) is 5.91 Å². The van der Waals surface area contributed by atoms with E-state index in [1.165, 1.54) is 23.9 Å². The molecule has 0 spiro atoms. The lowest BCUT2D eigenvalue weighted by molar-refractivity contribution is -0.119. The number of aromatic nitrogens is 3. The number of carbonyl (C=O) groups excluding carboxylic acids is 1. The molecule has 0 saturated heterocycles.